The number of rotatable bonds is 4. The number of halogens is 1. The topological polar surface area (TPSA) is 67.5 Å². The van der Waals surface area contributed by atoms with Gasteiger partial charge in [0.2, 0.25) is 0 Å². The summed E-state index contributed by atoms with van der Waals surface area (Å²) in [5, 5.41) is 0. The maximum Gasteiger partial charge on any atom is 0.254 e. The predicted octanol–water partition coefficient (Wildman–Crippen LogP) is 3.70. The molecule has 27 heavy (non-hydrogen) atoms. The molecule has 140 valence electrons. The van der Waals surface area contributed by atoms with Gasteiger partial charge >= 0.3 is 0 Å². The average Bonchev–Trinajstić information content (AvgIpc) is 3.33. The molecule has 1 aromatic heterocycles. The van der Waals surface area contributed by atoms with Crippen molar-refractivity contribution in [3.8, 4) is 11.5 Å². The molecule has 2 heterocycles. The van der Waals surface area contributed by atoms with Crippen LogP contribution in [-0.4, -0.2) is 41.5 Å². The molecule has 3 aromatic rings. The van der Waals surface area contributed by atoms with Gasteiger partial charge in [0.1, 0.15) is 23.1 Å². The minimum atomic E-state index is -0.319. The van der Waals surface area contributed by atoms with Crippen molar-refractivity contribution in [3.63, 3.8) is 0 Å². The van der Waals surface area contributed by atoms with E-state index in [0.717, 1.165) is 12.8 Å². The molecule has 1 amide bonds. The fraction of sp³-hybridized carbons (Fsp3) is 0.300. The maximum atomic E-state index is 13.5. The van der Waals surface area contributed by atoms with E-state index in [1.54, 1.807) is 43.4 Å². The molecule has 4 rings (SSSR count). The molecule has 0 spiro atoms. The standard InChI is InChI=1S/C20H20FN3O3/c1-26-14-8-12(9-15(11-14)27-2)20(25)24-7-3-4-18(24)19-22-16-6-5-13(21)10-17(16)23-19/h5-6,8-11,18H,3-4,7H2,1-2H3,(H,22,23). The number of hydrogen-bond donors (Lipinski definition) is 1. The number of likely N-dealkylation sites (tertiary alicyclic amines) is 1. The molecule has 0 radical (unpaired) electrons. The van der Waals surface area contributed by atoms with Gasteiger partial charge in [-0.3, -0.25) is 4.79 Å². The SMILES string of the molecule is COc1cc(OC)cc(C(=O)N2CCCC2c2nc3ccc(F)cc3[nH]2)c1. The van der Waals surface area contributed by atoms with E-state index in [-0.39, 0.29) is 17.8 Å². The first kappa shape index (κ1) is 17.3. The van der Waals surface area contributed by atoms with Crippen molar-refractivity contribution < 1.29 is 18.7 Å². The van der Waals surface area contributed by atoms with Crippen LogP contribution in [0.3, 0.4) is 0 Å². The van der Waals surface area contributed by atoms with Crippen LogP contribution in [0.1, 0.15) is 35.1 Å². The first-order valence-corrected chi connectivity index (χ1v) is 8.78. The number of methoxy groups -OCH3 is 2. The van der Waals surface area contributed by atoms with Crippen LogP contribution in [0, 0.1) is 5.82 Å². The molecule has 2 aromatic carbocycles. The number of benzene rings is 2. The lowest BCUT2D eigenvalue weighted by Crippen LogP contribution is -2.31. The van der Waals surface area contributed by atoms with Gasteiger partial charge in [-0.25, -0.2) is 9.37 Å². The Balaban J connectivity index is 1.67. The summed E-state index contributed by atoms with van der Waals surface area (Å²) in [7, 11) is 3.10. The number of aromatic nitrogens is 2. The van der Waals surface area contributed by atoms with Gasteiger partial charge in [-0.1, -0.05) is 0 Å². The minimum absolute atomic E-state index is 0.110. The normalized spacial score (nSPS) is 16.7. The zero-order chi connectivity index (χ0) is 19.0. The van der Waals surface area contributed by atoms with Crippen molar-refractivity contribution in [3.05, 3.63) is 53.6 Å². The molecule has 1 saturated heterocycles. The summed E-state index contributed by atoms with van der Waals surface area (Å²) in [6, 6.07) is 9.39. The lowest BCUT2D eigenvalue weighted by Gasteiger charge is -2.23. The number of aromatic amines is 1. The van der Waals surface area contributed by atoms with Crippen LogP contribution >= 0.6 is 0 Å². The first-order chi connectivity index (χ1) is 13.1. The van der Waals surface area contributed by atoms with E-state index >= 15 is 0 Å². The first-order valence-electron chi connectivity index (χ1n) is 8.78. The van der Waals surface area contributed by atoms with E-state index in [1.807, 2.05) is 0 Å². The van der Waals surface area contributed by atoms with Gasteiger partial charge in [0.25, 0.3) is 5.91 Å². The largest absolute Gasteiger partial charge is 0.497 e. The van der Waals surface area contributed by atoms with Crippen LogP contribution in [0.4, 0.5) is 4.39 Å². The summed E-state index contributed by atoms with van der Waals surface area (Å²) >= 11 is 0. The Morgan fingerprint density at radius 3 is 2.63 bits per heavy atom. The number of ether oxygens (including phenoxy) is 2. The highest BCUT2D eigenvalue weighted by Gasteiger charge is 2.33. The minimum Gasteiger partial charge on any atom is -0.497 e. The monoisotopic (exact) mass is 369 g/mol. The number of carbonyl (C=O) groups excluding carboxylic acids is 1. The Hall–Kier alpha value is -3.09. The molecule has 0 saturated carbocycles. The third-order valence-electron chi connectivity index (χ3n) is 4.89. The number of imidazole rings is 1. The van der Waals surface area contributed by atoms with Crippen LogP contribution in [0.5, 0.6) is 11.5 Å². The molecule has 1 fully saturated rings. The van der Waals surface area contributed by atoms with E-state index in [0.29, 0.717) is 40.5 Å². The Bertz CT molecular complexity index is 979. The van der Waals surface area contributed by atoms with Crippen molar-refractivity contribution in [1.82, 2.24) is 14.9 Å². The maximum absolute atomic E-state index is 13.5. The molecule has 0 bridgehead atoms. The Kier molecular flexibility index (Phi) is 4.43. The van der Waals surface area contributed by atoms with Gasteiger partial charge in [0.15, 0.2) is 0 Å². The van der Waals surface area contributed by atoms with Gasteiger partial charge in [0, 0.05) is 18.2 Å². The van der Waals surface area contributed by atoms with Crippen LogP contribution in [0.2, 0.25) is 0 Å². The molecule has 1 aliphatic heterocycles. The zero-order valence-electron chi connectivity index (χ0n) is 15.2. The van der Waals surface area contributed by atoms with Crippen molar-refractivity contribution in [2.45, 2.75) is 18.9 Å². The van der Waals surface area contributed by atoms with Crippen LogP contribution in [0.15, 0.2) is 36.4 Å². The number of amides is 1. The van der Waals surface area contributed by atoms with Gasteiger partial charge in [-0.2, -0.15) is 0 Å². The van der Waals surface area contributed by atoms with E-state index < -0.39 is 0 Å². The summed E-state index contributed by atoms with van der Waals surface area (Å²) in [5.74, 6) is 1.37. The van der Waals surface area contributed by atoms with Crippen molar-refractivity contribution in [2.24, 2.45) is 0 Å². The molecule has 1 unspecified atom stereocenters. The average molecular weight is 369 g/mol. The van der Waals surface area contributed by atoms with Crippen LogP contribution in [-0.2, 0) is 0 Å². The quantitative estimate of drug-likeness (QED) is 0.762. The Labute approximate surface area is 155 Å². The molecule has 1 N–H and O–H groups in total. The summed E-state index contributed by atoms with van der Waals surface area (Å²) in [6.45, 7) is 0.633. The van der Waals surface area contributed by atoms with E-state index in [4.69, 9.17) is 9.47 Å². The summed E-state index contributed by atoms with van der Waals surface area (Å²) in [6.07, 6.45) is 1.68. The molecule has 1 aliphatic rings. The van der Waals surface area contributed by atoms with Crippen molar-refractivity contribution in [1.29, 1.82) is 0 Å². The second kappa shape index (κ2) is 6.90. The van der Waals surface area contributed by atoms with E-state index in [1.165, 1.54) is 12.1 Å². The Morgan fingerprint density at radius 2 is 1.93 bits per heavy atom. The number of hydrogen-bond acceptors (Lipinski definition) is 4. The summed E-state index contributed by atoms with van der Waals surface area (Å²) < 4.78 is 24.0. The van der Waals surface area contributed by atoms with Gasteiger partial charge in [-0.05, 0) is 43.2 Å². The number of nitrogens with zero attached hydrogens (tertiary/aromatic N) is 2. The number of H-pyrrole nitrogens is 1. The lowest BCUT2D eigenvalue weighted by molar-refractivity contribution is 0.0730. The van der Waals surface area contributed by atoms with Gasteiger partial charge in [-0.15, -0.1) is 0 Å². The molecule has 1 atom stereocenters. The lowest BCUT2D eigenvalue weighted by atomic mass is 10.1. The molecule has 6 nitrogen and oxygen atoms in total. The van der Waals surface area contributed by atoms with Crippen molar-refractivity contribution >= 4 is 16.9 Å². The second-order valence-corrected chi connectivity index (χ2v) is 6.54. The van der Waals surface area contributed by atoms with Crippen molar-refractivity contribution in [2.75, 3.05) is 20.8 Å². The smallest absolute Gasteiger partial charge is 0.254 e. The summed E-state index contributed by atoms with van der Waals surface area (Å²) in [4.78, 5) is 22.7. The van der Waals surface area contributed by atoms with Crippen LogP contribution in [0.25, 0.3) is 11.0 Å². The number of nitrogens with one attached hydrogen (secondary N) is 1. The fourth-order valence-electron chi connectivity index (χ4n) is 3.55. The third-order valence-corrected chi connectivity index (χ3v) is 4.89. The Morgan fingerprint density at radius 1 is 1.19 bits per heavy atom. The second-order valence-electron chi connectivity index (χ2n) is 6.54. The van der Waals surface area contributed by atoms with Gasteiger partial charge in [0.05, 0.1) is 31.3 Å². The fourth-order valence-corrected chi connectivity index (χ4v) is 3.55. The van der Waals surface area contributed by atoms with Crippen LogP contribution < -0.4 is 9.47 Å². The van der Waals surface area contributed by atoms with E-state index in [9.17, 15) is 9.18 Å². The number of carbonyl (C=O) groups is 1. The zero-order valence-corrected chi connectivity index (χ0v) is 15.2. The third kappa shape index (κ3) is 3.20. The molecular weight excluding hydrogens is 349 g/mol. The molecule has 0 aliphatic carbocycles. The van der Waals surface area contributed by atoms with Gasteiger partial charge < -0.3 is 19.4 Å². The highest BCUT2D eigenvalue weighted by atomic mass is 19.1. The highest BCUT2D eigenvalue weighted by Crippen LogP contribution is 2.34. The van der Waals surface area contributed by atoms with E-state index in [2.05, 4.69) is 9.97 Å². The predicted molar refractivity (Wildman–Crippen MR) is 98.6 cm³/mol. The summed E-state index contributed by atoms with van der Waals surface area (Å²) in [5.41, 5.74) is 1.82. The molecular formula is C20H20FN3O3. The molecule has 7 heteroatoms. The highest BCUT2D eigenvalue weighted by molar-refractivity contribution is 5.95. The number of fused-ring (bicyclic) bond motifs is 1.